The lowest BCUT2D eigenvalue weighted by Gasteiger charge is -2.29. The summed E-state index contributed by atoms with van der Waals surface area (Å²) in [7, 11) is 0. The zero-order chi connectivity index (χ0) is 23.7. The molecule has 0 spiro atoms. The lowest BCUT2D eigenvalue weighted by Crippen LogP contribution is -2.29. The summed E-state index contributed by atoms with van der Waals surface area (Å²) in [5, 5.41) is 16.8. The largest absolute Gasteiger partial charge is 0.394 e. The van der Waals surface area contributed by atoms with Crippen molar-refractivity contribution in [3.05, 3.63) is 33.4 Å². The van der Waals surface area contributed by atoms with E-state index in [4.69, 9.17) is 45.5 Å². The highest BCUT2D eigenvalue weighted by molar-refractivity contribution is 6.41. The van der Waals surface area contributed by atoms with Crippen LogP contribution in [0.4, 0.5) is 17.6 Å². The van der Waals surface area contributed by atoms with Crippen molar-refractivity contribution in [3.63, 3.8) is 0 Å². The van der Waals surface area contributed by atoms with Crippen LogP contribution in [0, 0.1) is 5.92 Å². The number of aliphatic hydroxyl groups is 1. The molecule has 1 aliphatic carbocycles. The van der Waals surface area contributed by atoms with Crippen molar-refractivity contribution in [2.75, 3.05) is 17.2 Å². The molecule has 1 amide bonds. The first-order valence-corrected chi connectivity index (χ1v) is 11.7. The number of benzene rings is 1. The molecule has 1 saturated carbocycles. The number of amides is 1. The van der Waals surface area contributed by atoms with Gasteiger partial charge in [-0.2, -0.15) is 4.98 Å². The molecule has 33 heavy (non-hydrogen) atoms. The first-order chi connectivity index (χ1) is 15.8. The van der Waals surface area contributed by atoms with E-state index >= 15 is 0 Å². The van der Waals surface area contributed by atoms with E-state index in [1.165, 1.54) is 0 Å². The van der Waals surface area contributed by atoms with Crippen molar-refractivity contribution in [1.29, 1.82) is 0 Å². The summed E-state index contributed by atoms with van der Waals surface area (Å²) in [6.07, 6.45) is 4.44. The number of primary amides is 1. The number of carbonyl (C=O) groups excluding carboxylic acids is 1. The molecule has 2 heterocycles. The monoisotopic (exact) mass is 511 g/mol. The Kier molecular flexibility index (Phi) is 7.13. The maximum absolute atomic E-state index is 11.6. The fourth-order valence-corrected chi connectivity index (χ4v) is 4.96. The number of nitrogens with two attached hydrogens (primary N) is 1. The summed E-state index contributed by atoms with van der Waals surface area (Å²) in [4.78, 5) is 25.3. The number of nitrogens with zero attached hydrogens (tertiary/aromatic N) is 4. The van der Waals surface area contributed by atoms with Crippen molar-refractivity contribution in [2.45, 2.75) is 44.7 Å². The Morgan fingerprint density at radius 2 is 1.88 bits per heavy atom. The maximum atomic E-state index is 11.6. The molecule has 1 atom stereocenters. The SMILES string of the molecule is CC(CO)Nc1ncc2nc(Nc3c(Cl)cc(Cl)cc3Cl)n([C@H]3CC[C@@H](C(N)=O)CC3)c2n1. The highest BCUT2D eigenvalue weighted by Gasteiger charge is 2.29. The van der Waals surface area contributed by atoms with Crippen LogP contribution in [0.25, 0.3) is 11.2 Å². The number of rotatable bonds is 7. The van der Waals surface area contributed by atoms with Gasteiger partial charge in [0.1, 0.15) is 5.52 Å². The Morgan fingerprint density at radius 1 is 1.21 bits per heavy atom. The second kappa shape index (κ2) is 9.89. The van der Waals surface area contributed by atoms with E-state index in [-0.39, 0.29) is 30.5 Å². The van der Waals surface area contributed by atoms with E-state index in [9.17, 15) is 9.90 Å². The molecule has 1 fully saturated rings. The molecular formula is C21H24Cl3N7O2. The molecule has 1 aliphatic rings. The molecule has 0 bridgehead atoms. The number of carbonyl (C=O) groups is 1. The third-order valence-electron chi connectivity index (χ3n) is 5.79. The van der Waals surface area contributed by atoms with Gasteiger partial charge in [0, 0.05) is 23.0 Å². The molecule has 1 unspecified atom stereocenters. The van der Waals surface area contributed by atoms with Crippen LogP contribution in [-0.4, -0.2) is 43.2 Å². The Bertz CT molecular complexity index is 1160. The van der Waals surface area contributed by atoms with E-state index in [1.807, 2.05) is 11.5 Å². The predicted molar refractivity (Wildman–Crippen MR) is 130 cm³/mol. The van der Waals surface area contributed by atoms with Crippen LogP contribution < -0.4 is 16.4 Å². The molecule has 1 aromatic carbocycles. The molecular weight excluding hydrogens is 489 g/mol. The van der Waals surface area contributed by atoms with Crippen molar-refractivity contribution in [2.24, 2.45) is 11.7 Å². The smallest absolute Gasteiger partial charge is 0.225 e. The average Bonchev–Trinajstić information content (AvgIpc) is 3.13. The molecule has 176 valence electrons. The number of anilines is 3. The second-order valence-electron chi connectivity index (χ2n) is 8.21. The van der Waals surface area contributed by atoms with Gasteiger partial charge in [0.05, 0.1) is 28.5 Å². The third kappa shape index (κ3) is 5.11. The molecule has 9 nitrogen and oxygen atoms in total. The Morgan fingerprint density at radius 3 is 2.48 bits per heavy atom. The number of hydrogen-bond acceptors (Lipinski definition) is 7. The van der Waals surface area contributed by atoms with Gasteiger partial charge in [0.15, 0.2) is 5.65 Å². The maximum Gasteiger partial charge on any atom is 0.225 e. The van der Waals surface area contributed by atoms with E-state index in [1.54, 1.807) is 18.3 Å². The molecule has 5 N–H and O–H groups in total. The molecule has 0 radical (unpaired) electrons. The van der Waals surface area contributed by atoms with Crippen LogP contribution in [0.5, 0.6) is 0 Å². The first-order valence-electron chi connectivity index (χ1n) is 10.6. The zero-order valence-corrected chi connectivity index (χ0v) is 20.1. The minimum atomic E-state index is -0.270. The van der Waals surface area contributed by atoms with Crippen molar-refractivity contribution in [1.82, 2.24) is 19.5 Å². The van der Waals surface area contributed by atoms with Crippen LogP contribution in [0.2, 0.25) is 15.1 Å². The van der Waals surface area contributed by atoms with Gasteiger partial charge in [-0.15, -0.1) is 0 Å². The predicted octanol–water partition coefficient (Wildman–Crippen LogP) is 4.54. The Hall–Kier alpha value is -2.33. The molecule has 0 saturated heterocycles. The summed E-state index contributed by atoms with van der Waals surface area (Å²) >= 11 is 18.8. The Balaban J connectivity index is 1.77. The lowest BCUT2D eigenvalue weighted by molar-refractivity contribution is -0.122. The molecule has 0 aliphatic heterocycles. The number of halogens is 3. The first kappa shape index (κ1) is 23.8. The molecule has 3 aromatic rings. The van der Waals surface area contributed by atoms with E-state index in [0.29, 0.717) is 56.7 Å². The van der Waals surface area contributed by atoms with Gasteiger partial charge in [-0.1, -0.05) is 34.8 Å². The number of fused-ring (bicyclic) bond motifs is 1. The molecule has 12 heteroatoms. The van der Waals surface area contributed by atoms with Crippen molar-refractivity contribution >= 4 is 69.5 Å². The van der Waals surface area contributed by atoms with Crippen LogP contribution in [-0.2, 0) is 4.79 Å². The number of imidazole rings is 1. The second-order valence-corrected chi connectivity index (χ2v) is 9.46. The normalized spacial score (nSPS) is 19.4. The highest BCUT2D eigenvalue weighted by atomic mass is 35.5. The molecule has 4 rings (SSSR count). The van der Waals surface area contributed by atoms with Crippen LogP contribution in [0.3, 0.4) is 0 Å². The minimum absolute atomic E-state index is 0.0240. The number of aromatic nitrogens is 4. The topological polar surface area (TPSA) is 131 Å². The van der Waals surface area contributed by atoms with E-state index < -0.39 is 0 Å². The van der Waals surface area contributed by atoms with Crippen LogP contribution >= 0.6 is 34.8 Å². The highest BCUT2D eigenvalue weighted by Crippen LogP contribution is 2.40. The van der Waals surface area contributed by atoms with Gasteiger partial charge >= 0.3 is 0 Å². The van der Waals surface area contributed by atoms with Crippen molar-refractivity contribution in [3.8, 4) is 0 Å². The van der Waals surface area contributed by atoms with E-state index in [2.05, 4.69) is 20.6 Å². The van der Waals surface area contributed by atoms with Gasteiger partial charge in [-0.05, 0) is 44.7 Å². The van der Waals surface area contributed by atoms with Crippen molar-refractivity contribution < 1.29 is 9.90 Å². The zero-order valence-electron chi connectivity index (χ0n) is 17.9. The summed E-state index contributed by atoms with van der Waals surface area (Å²) in [6.45, 7) is 1.77. The fraction of sp³-hybridized carbons (Fsp3) is 0.429. The average molecular weight is 513 g/mol. The van der Waals surface area contributed by atoms with Gasteiger partial charge < -0.3 is 21.5 Å². The van der Waals surface area contributed by atoms with Gasteiger partial charge in [0.2, 0.25) is 17.8 Å². The third-order valence-corrected chi connectivity index (χ3v) is 6.60. The lowest BCUT2D eigenvalue weighted by atomic mass is 9.85. The molecule has 2 aromatic heterocycles. The van der Waals surface area contributed by atoms with Crippen LogP contribution in [0.15, 0.2) is 18.3 Å². The number of aliphatic hydroxyl groups excluding tert-OH is 1. The van der Waals surface area contributed by atoms with Gasteiger partial charge in [-0.25, -0.2) is 9.97 Å². The van der Waals surface area contributed by atoms with Crippen LogP contribution in [0.1, 0.15) is 38.6 Å². The quantitative estimate of drug-likeness (QED) is 0.365. The minimum Gasteiger partial charge on any atom is -0.394 e. The van der Waals surface area contributed by atoms with E-state index in [0.717, 1.165) is 12.8 Å². The standard InChI is InChI=1S/C21H24Cl3N7O2/c1-10(9-32)27-20-26-8-16-19(30-20)31(13-4-2-11(3-5-13)18(25)33)21(28-16)29-17-14(23)6-12(22)7-15(17)24/h6-8,10-11,13,32H,2-5,9H2,1H3,(H2,25,33)(H,28,29)(H,26,27,30)/t10?,11-,13+. The summed E-state index contributed by atoms with van der Waals surface area (Å²) in [5.74, 6) is 0.476. The van der Waals surface area contributed by atoms with Gasteiger partial charge in [-0.3, -0.25) is 9.36 Å². The number of nitrogens with one attached hydrogen (secondary N) is 2. The summed E-state index contributed by atoms with van der Waals surface area (Å²) in [6, 6.07) is 3.01. The van der Waals surface area contributed by atoms with Gasteiger partial charge in [0.25, 0.3) is 0 Å². The fourth-order valence-electron chi connectivity index (χ4n) is 4.05. The Labute approximate surface area is 205 Å². The number of hydrogen-bond donors (Lipinski definition) is 4. The summed E-state index contributed by atoms with van der Waals surface area (Å²) < 4.78 is 1.99. The summed E-state index contributed by atoms with van der Waals surface area (Å²) in [5.41, 5.74) is 7.19.